The molecule has 0 unspecified atom stereocenters. The van der Waals surface area contributed by atoms with Crippen LogP contribution in [0.1, 0.15) is 11.1 Å². The average molecular weight is 375 g/mol. The number of nitrogens with two attached hydrogens (primary N) is 1. The van der Waals surface area contributed by atoms with Gasteiger partial charge < -0.3 is 5.32 Å². The Hall–Kier alpha value is -2.55. The number of anilines is 1. The molecule has 0 aliphatic carbocycles. The third kappa shape index (κ3) is 6.11. The fourth-order valence-electron chi connectivity index (χ4n) is 1.89. The minimum absolute atomic E-state index is 0.00552. The van der Waals surface area contributed by atoms with E-state index in [2.05, 4.69) is 10.6 Å². The lowest BCUT2D eigenvalue weighted by Crippen LogP contribution is -2.32. The van der Waals surface area contributed by atoms with Gasteiger partial charge in [0.1, 0.15) is 0 Å². The molecule has 0 aromatic heterocycles. The lowest BCUT2D eigenvalue weighted by molar-refractivity contribution is -0.115. The summed E-state index contributed by atoms with van der Waals surface area (Å²) in [6.45, 7) is 1.99. The van der Waals surface area contributed by atoms with E-state index in [1.54, 1.807) is 6.08 Å². The van der Waals surface area contributed by atoms with Gasteiger partial charge in [0, 0.05) is 11.8 Å². The summed E-state index contributed by atoms with van der Waals surface area (Å²) in [5.74, 6) is -0.376. The van der Waals surface area contributed by atoms with Crippen LogP contribution in [0, 0.1) is 6.92 Å². The molecular formula is C17H17N3O3S2. The maximum atomic E-state index is 11.8. The van der Waals surface area contributed by atoms with E-state index in [0.29, 0.717) is 5.69 Å². The Labute approximate surface area is 151 Å². The van der Waals surface area contributed by atoms with E-state index in [4.69, 9.17) is 17.4 Å². The molecule has 8 heteroatoms. The second-order valence-electron chi connectivity index (χ2n) is 5.26. The monoisotopic (exact) mass is 375 g/mol. The Morgan fingerprint density at radius 2 is 1.68 bits per heavy atom. The molecule has 0 aliphatic rings. The molecule has 0 radical (unpaired) electrons. The van der Waals surface area contributed by atoms with Crippen molar-refractivity contribution in [2.45, 2.75) is 11.8 Å². The topological polar surface area (TPSA) is 101 Å². The first-order chi connectivity index (χ1) is 11.7. The van der Waals surface area contributed by atoms with Crippen molar-refractivity contribution >= 4 is 45.0 Å². The van der Waals surface area contributed by atoms with Gasteiger partial charge in [-0.1, -0.05) is 29.8 Å². The smallest absolute Gasteiger partial charge is 0.250 e. The molecule has 6 nitrogen and oxygen atoms in total. The highest BCUT2D eigenvalue weighted by atomic mass is 32.2. The Morgan fingerprint density at radius 1 is 1.08 bits per heavy atom. The van der Waals surface area contributed by atoms with Crippen LogP contribution < -0.4 is 15.8 Å². The molecule has 0 saturated carbocycles. The molecule has 0 heterocycles. The first-order valence-corrected chi connectivity index (χ1v) is 9.19. The molecule has 0 saturated heterocycles. The summed E-state index contributed by atoms with van der Waals surface area (Å²) in [5.41, 5.74) is 2.57. The van der Waals surface area contributed by atoms with Crippen LogP contribution in [0.2, 0.25) is 0 Å². The van der Waals surface area contributed by atoms with E-state index in [0.717, 1.165) is 11.1 Å². The van der Waals surface area contributed by atoms with Crippen LogP contribution in [0.5, 0.6) is 0 Å². The standard InChI is InChI=1S/C17H17N3O3S2/c1-12-2-4-13(5-3-12)6-11-16(21)20-17(24)19-14-7-9-15(10-8-14)25(18,22)23/h2-11H,1H3,(H2,18,22,23)(H2,19,20,21,24)/b11-6+. The van der Waals surface area contributed by atoms with Gasteiger partial charge in [-0.15, -0.1) is 0 Å². The summed E-state index contributed by atoms with van der Waals surface area (Å²) in [6.07, 6.45) is 3.06. The van der Waals surface area contributed by atoms with Gasteiger partial charge in [-0.05, 0) is 55.0 Å². The number of thiocarbonyl (C=S) groups is 1. The van der Waals surface area contributed by atoms with Crippen molar-refractivity contribution in [1.29, 1.82) is 0 Å². The molecule has 2 aromatic carbocycles. The summed E-state index contributed by atoms with van der Waals surface area (Å²) < 4.78 is 22.4. The average Bonchev–Trinajstić information content (AvgIpc) is 2.54. The lowest BCUT2D eigenvalue weighted by atomic mass is 10.1. The van der Waals surface area contributed by atoms with E-state index in [1.165, 1.54) is 30.3 Å². The quantitative estimate of drug-likeness (QED) is 0.562. The second kappa shape index (κ2) is 8.02. The third-order valence-corrected chi connectivity index (χ3v) is 4.32. The number of rotatable bonds is 4. The van der Waals surface area contributed by atoms with Crippen molar-refractivity contribution in [3.8, 4) is 0 Å². The Morgan fingerprint density at radius 3 is 2.24 bits per heavy atom. The molecule has 4 N–H and O–H groups in total. The summed E-state index contributed by atoms with van der Waals surface area (Å²) in [7, 11) is -3.74. The zero-order valence-corrected chi connectivity index (χ0v) is 15.0. The van der Waals surface area contributed by atoms with Gasteiger partial charge in [-0.25, -0.2) is 13.6 Å². The molecule has 0 fully saturated rings. The zero-order valence-electron chi connectivity index (χ0n) is 13.4. The summed E-state index contributed by atoms with van der Waals surface area (Å²) >= 11 is 5.05. The van der Waals surface area contributed by atoms with Gasteiger partial charge in [-0.3, -0.25) is 10.1 Å². The van der Waals surface area contributed by atoms with Gasteiger partial charge in [-0.2, -0.15) is 0 Å². The van der Waals surface area contributed by atoms with Gasteiger partial charge in [0.2, 0.25) is 15.9 Å². The number of carbonyl (C=O) groups is 1. The highest BCUT2D eigenvalue weighted by molar-refractivity contribution is 7.89. The SMILES string of the molecule is Cc1ccc(/C=C/C(=O)NC(=S)Nc2ccc(S(N)(=O)=O)cc2)cc1. The maximum absolute atomic E-state index is 11.8. The van der Waals surface area contributed by atoms with Crippen LogP contribution >= 0.6 is 12.2 Å². The normalized spacial score (nSPS) is 11.3. The largest absolute Gasteiger partial charge is 0.332 e. The van der Waals surface area contributed by atoms with Crippen molar-refractivity contribution in [1.82, 2.24) is 5.32 Å². The lowest BCUT2D eigenvalue weighted by Gasteiger charge is -2.08. The van der Waals surface area contributed by atoms with Crippen LogP contribution in [-0.2, 0) is 14.8 Å². The Balaban J connectivity index is 1.91. The Bertz CT molecular complexity index is 903. The van der Waals surface area contributed by atoms with Gasteiger partial charge in [0.15, 0.2) is 5.11 Å². The minimum atomic E-state index is -3.74. The number of hydrogen-bond acceptors (Lipinski definition) is 4. The Kier molecular flexibility index (Phi) is 6.02. The van der Waals surface area contributed by atoms with Crippen molar-refractivity contribution in [3.63, 3.8) is 0 Å². The molecule has 0 bridgehead atoms. The molecular weight excluding hydrogens is 358 g/mol. The van der Waals surface area contributed by atoms with Crippen LogP contribution in [0.25, 0.3) is 6.08 Å². The highest BCUT2D eigenvalue weighted by Gasteiger charge is 2.07. The number of aryl methyl sites for hydroxylation is 1. The van der Waals surface area contributed by atoms with Gasteiger partial charge in [0.05, 0.1) is 4.90 Å². The molecule has 25 heavy (non-hydrogen) atoms. The molecule has 1 amide bonds. The fourth-order valence-corrected chi connectivity index (χ4v) is 2.63. The number of amides is 1. The van der Waals surface area contributed by atoms with Crippen LogP contribution in [0.3, 0.4) is 0 Å². The van der Waals surface area contributed by atoms with E-state index in [-0.39, 0.29) is 15.9 Å². The van der Waals surface area contributed by atoms with Gasteiger partial charge in [0.25, 0.3) is 0 Å². The molecule has 0 atom stereocenters. The maximum Gasteiger partial charge on any atom is 0.250 e. The molecule has 2 rings (SSSR count). The number of hydrogen-bond donors (Lipinski definition) is 3. The predicted octanol–water partition coefficient (Wildman–Crippen LogP) is 2.17. The number of carbonyl (C=O) groups excluding carboxylic acids is 1. The first kappa shape index (κ1) is 18.8. The molecule has 130 valence electrons. The third-order valence-electron chi connectivity index (χ3n) is 3.18. The van der Waals surface area contributed by atoms with Crippen molar-refractivity contribution in [3.05, 3.63) is 65.7 Å². The number of primary sulfonamides is 1. The van der Waals surface area contributed by atoms with Crippen molar-refractivity contribution < 1.29 is 13.2 Å². The molecule has 2 aromatic rings. The van der Waals surface area contributed by atoms with E-state index in [1.807, 2.05) is 31.2 Å². The zero-order chi connectivity index (χ0) is 18.4. The minimum Gasteiger partial charge on any atom is -0.332 e. The summed E-state index contributed by atoms with van der Waals surface area (Å²) in [6, 6.07) is 13.4. The van der Waals surface area contributed by atoms with Crippen molar-refractivity contribution in [2.75, 3.05) is 5.32 Å². The number of nitrogens with one attached hydrogen (secondary N) is 2. The highest BCUT2D eigenvalue weighted by Crippen LogP contribution is 2.12. The van der Waals surface area contributed by atoms with E-state index >= 15 is 0 Å². The van der Waals surface area contributed by atoms with Crippen molar-refractivity contribution in [2.24, 2.45) is 5.14 Å². The number of sulfonamides is 1. The van der Waals surface area contributed by atoms with Gasteiger partial charge >= 0.3 is 0 Å². The summed E-state index contributed by atoms with van der Waals surface area (Å²) in [4.78, 5) is 11.8. The summed E-state index contributed by atoms with van der Waals surface area (Å²) in [5, 5.41) is 10.4. The molecule has 0 spiro atoms. The van der Waals surface area contributed by atoms with E-state index in [9.17, 15) is 13.2 Å². The first-order valence-electron chi connectivity index (χ1n) is 7.23. The van der Waals surface area contributed by atoms with E-state index < -0.39 is 10.0 Å². The van der Waals surface area contributed by atoms with Crippen LogP contribution in [0.15, 0.2) is 59.5 Å². The van der Waals surface area contributed by atoms with Crippen LogP contribution in [0.4, 0.5) is 5.69 Å². The second-order valence-corrected chi connectivity index (χ2v) is 7.23. The fraction of sp³-hybridized carbons (Fsp3) is 0.0588. The molecule has 0 aliphatic heterocycles. The number of benzene rings is 2. The predicted molar refractivity (Wildman–Crippen MR) is 102 cm³/mol. The van der Waals surface area contributed by atoms with Crippen LogP contribution in [-0.4, -0.2) is 19.4 Å².